The average molecular weight is 205 g/mol. The molecular weight excluding hydrogens is 186 g/mol. The van der Waals surface area contributed by atoms with E-state index in [4.69, 9.17) is 5.11 Å². The molecule has 0 aromatic carbocycles. The second-order valence-electron chi connectivity index (χ2n) is 3.03. The van der Waals surface area contributed by atoms with Crippen molar-refractivity contribution in [2.24, 2.45) is 0 Å². The molecule has 0 aromatic rings. The van der Waals surface area contributed by atoms with Gasteiger partial charge in [-0.15, -0.1) is 0 Å². The van der Waals surface area contributed by atoms with Crippen molar-refractivity contribution in [3.05, 3.63) is 0 Å². The number of quaternary nitrogens is 1. The van der Waals surface area contributed by atoms with Crippen LogP contribution < -0.4 is 11.3 Å². The van der Waals surface area contributed by atoms with Gasteiger partial charge in [0.05, 0.1) is 0 Å². The smallest absolute Gasteiger partial charge is 0.303 e. The molecule has 0 saturated carbocycles. The summed E-state index contributed by atoms with van der Waals surface area (Å²) < 4.78 is 0. The highest BCUT2D eigenvalue weighted by Gasteiger charge is 1.96. The van der Waals surface area contributed by atoms with E-state index in [2.05, 4.69) is 0 Å². The van der Waals surface area contributed by atoms with Crippen molar-refractivity contribution in [3.8, 4) is 0 Å². The van der Waals surface area contributed by atoms with Crippen LogP contribution >= 0.6 is 0 Å². The largest absolute Gasteiger partial charge is 0.550 e. The van der Waals surface area contributed by atoms with Gasteiger partial charge in [0, 0.05) is 12.4 Å². The number of unbranched alkanes of at least 4 members (excludes halogenated alkanes) is 4. The lowest BCUT2D eigenvalue weighted by Crippen LogP contribution is -2.21. The number of hydrogen-bond donors (Lipinski definition) is 2. The first-order chi connectivity index (χ1) is 6.13. The van der Waals surface area contributed by atoms with Crippen LogP contribution in [0.1, 0.15) is 44.9 Å². The van der Waals surface area contributed by atoms with Crippen LogP contribution in [0.15, 0.2) is 0 Å². The minimum absolute atomic E-state index is 0. The zero-order chi connectivity index (χ0) is 10.1. The fourth-order valence-corrected chi connectivity index (χ4v) is 1.08. The lowest BCUT2D eigenvalue weighted by molar-refractivity contribution is -0.305. The van der Waals surface area contributed by atoms with Crippen LogP contribution in [-0.4, -0.2) is 17.0 Å². The number of carboxylic acids is 2. The first-order valence-corrected chi connectivity index (χ1v) is 4.54. The molecule has 14 heavy (non-hydrogen) atoms. The second kappa shape index (κ2) is 9.98. The molecule has 0 aliphatic heterocycles. The Bertz CT molecular complexity index is 152. The molecule has 0 aliphatic carbocycles. The summed E-state index contributed by atoms with van der Waals surface area (Å²) >= 11 is 0. The molecule has 0 unspecified atom stereocenters. The van der Waals surface area contributed by atoms with E-state index in [1.54, 1.807) is 0 Å². The summed E-state index contributed by atoms with van der Waals surface area (Å²) in [5.74, 6) is -1.78. The molecule has 0 fully saturated rings. The molecule has 0 atom stereocenters. The van der Waals surface area contributed by atoms with Crippen molar-refractivity contribution in [1.29, 1.82) is 0 Å². The Balaban J connectivity index is 0. The Morgan fingerprint density at radius 2 is 1.36 bits per heavy atom. The summed E-state index contributed by atoms with van der Waals surface area (Å²) in [5.41, 5.74) is 0. The fourth-order valence-electron chi connectivity index (χ4n) is 1.08. The molecular formula is C9H19NO4. The summed E-state index contributed by atoms with van der Waals surface area (Å²) in [7, 11) is 0. The van der Waals surface area contributed by atoms with Gasteiger partial charge in [0.25, 0.3) is 0 Å². The van der Waals surface area contributed by atoms with Crippen molar-refractivity contribution < 1.29 is 19.8 Å². The van der Waals surface area contributed by atoms with E-state index >= 15 is 0 Å². The normalized spacial score (nSPS) is 9.14. The first-order valence-electron chi connectivity index (χ1n) is 4.54. The standard InChI is InChI=1S/C9H16O4.H3N/c10-8(11)6-4-2-1-3-5-7-9(12)13;/h1-7H2,(H,10,11)(H,12,13);1H3. The second-order valence-corrected chi connectivity index (χ2v) is 3.03. The summed E-state index contributed by atoms with van der Waals surface area (Å²) in [4.78, 5) is 20.1. The Labute approximate surface area is 83.7 Å². The van der Waals surface area contributed by atoms with E-state index in [0.717, 1.165) is 19.3 Å². The predicted molar refractivity (Wildman–Crippen MR) is 50.9 cm³/mol. The molecule has 0 amide bonds. The van der Waals surface area contributed by atoms with Crippen molar-refractivity contribution in [2.75, 3.05) is 0 Å². The molecule has 0 aliphatic rings. The van der Waals surface area contributed by atoms with Crippen molar-refractivity contribution in [3.63, 3.8) is 0 Å². The minimum atomic E-state index is -1.01. The van der Waals surface area contributed by atoms with E-state index in [1.165, 1.54) is 0 Å². The lowest BCUT2D eigenvalue weighted by atomic mass is 10.1. The quantitative estimate of drug-likeness (QED) is 0.573. The first kappa shape index (κ1) is 15.4. The molecule has 0 bridgehead atoms. The van der Waals surface area contributed by atoms with Crippen LogP contribution in [0.2, 0.25) is 0 Å². The highest BCUT2D eigenvalue weighted by atomic mass is 16.4. The fraction of sp³-hybridized carbons (Fsp3) is 0.778. The van der Waals surface area contributed by atoms with Gasteiger partial charge in [-0.25, -0.2) is 0 Å². The zero-order valence-corrected chi connectivity index (χ0v) is 8.62. The number of carbonyl (C=O) groups excluding carboxylic acids is 1. The van der Waals surface area contributed by atoms with Gasteiger partial charge in [-0.05, 0) is 19.3 Å². The summed E-state index contributed by atoms with van der Waals surface area (Å²) in [6.07, 6.45) is 4.24. The predicted octanol–water partition coefficient (Wildman–Crippen LogP) is 0.928. The van der Waals surface area contributed by atoms with E-state index in [9.17, 15) is 14.7 Å². The Kier molecular flexibility index (Phi) is 11.0. The van der Waals surface area contributed by atoms with Gasteiger partial charge >= 0.3 is 5.97 Å². The SMILES string of the molecule is O=C([O-])CCCCCCCC(=O)O.[NH4+]. The van der Waals surface area contributed by atoms with E-state index in [-0.39, 0.29) is 19.0 Å². The summed E-state index contributed by atoms with van der Waals surface area (Å²) in [6.45, 7) is 0. The van der Waals surface area contributed by atoms with Crippen LogP contribution in [-0.2, 0) is 9.59 Å². The molecule has 0 spiro atoms. The zero-order valence-electron chi connectivity index (χ0n) is 8.62. The van der Waals surface area contributed by atoms with Crippen molar-refractivity contribution in [1.82, 2.24) is 6.15 Å². The Hall–Kier alpha value is -1.10. The number of carbonyl (C=O) groups is 2. The van der Waals surface area contributed by atoms with Crippen LogP contribution in [0, 0.1) is 0 Å². The maximum Gasteiger partial charge on any atom is 0.303 e. The third-order valence-corrected chi connectivity index (χ3v) is 1.77. The molecule has 0 heterocycles. The topological polar surface area (TPSA) is 114 Å². The van der Waals surface area contributed by atoms with Gasteiger partial charge in [-0.3, -0.25) is 4.79 Å². The third-order valence-electron chi connectivity index (χ3n) is 1.77. The van der Waals surface area contributed by atoms with Gasteiger partial charge in [0.1, 0.15) is 0 Å². The van der Waals surface area contributed by atoms with Gasteiger partial charge in [0.15, 0.2) is 0 Å². The minimum Gasteiger partial charge on any atom is -0.550 e. The third kappa shape index (κ3) is 13.5. The summed E-state index contributed by atoms with van der Waals surface area (Å²) in [5, 5.41) is 18.3. The molecule has 0 aromatic heterocycles. The van der Waals surface area contributed by atoms with Crippen molar-refractivity contribution >= 4 is 11.9 Å². The van der Waals surface area contributed by atoms with Crippen LogP contribution in [0.3, 0.4) is 0 Å². The van der Waals surface area contributed by atoms with E-state index in [0.29, 0.717) is 12.8 Å². The monoisotopic (exact) mass is 205 g/mol. The number of rotatable bonds is 8. The highest BCUT2D eigenvalue weighted by molar-refractivity contribution is 5.66. The molecule has 5 N–H and O–H groups in total. The maximum absolute atomic E-state index is 10.1. The highest BCUT2D eigenvalue weighted by Crippen LogP contribution is 2.06. The molecule has 0 rings (SSSR count). The number of aliphatic carboxylic acids is 2. The summed E-state index contributed by atoms with van der Waals surface area (Å²) in [6, 6.07) is 0. The van der Waals surface area contributed by atoms with Crippen molar-refractivity contribution in [2.45, 2.75) is 44.9 Å². The van der Waals surface area contributed by atoms with Gasteiger partial charge in [0.2, 0.25) is 0 Å². The number of hydrogen-bond acceptors (Lipinski definition) is 3. The van der Waals surface area contributed by atoms with Gasteiger partial charge in [-0.1, -0.05) is 19.3 Å². The van der Waals surface area contributed by atoms with Crippen LogP contribution in [0.25, 0.3) is 0 Å². The Morgan fingerprint density at radius 1 is 0.929 bits per heavy atom. The Morgan fingerprint density at radius 3 is 1.79 bits per heavy atom. The lowest BCUT2D eigenvalue weighted by Gasteiger charge is -2.01. The molecule has 0 radical (unpaired) electrons. The molecule has 84 valence electrons. The maximum atomic E-state index is 10.1. The average Bonchev–Trinajstić information content (AvgIpc) is 2.01. The molecule has 5 nitrogen and oxygen atoms in total. The van der Waals surface area contributed by atoms with Gasteiger partial charge < -0.3 is 21.2 Å². The van der Waals surface area contributed by atoms with Crippen LogP contribution in [0.5, 0.6) is 0 Å². The van der Waals surface area contributed by atoms with Crippen LogP contribution in [0.4, 0.5) is 0 Å². The van der Waals surface area contributed by atoms with E-state index in [1.807, 2.05) is 0 Å². The molecule has 0 saturated heterocycles. The molecule has 5 heteroatoms. The number of carboxylic acid groups (broad SMARTS) is 2. The van der Waals surface area contributed by atoms with Gasteiger partial charge in [-0.2, -0.15) is 0 Å². The van der Waals surface area contributed by atoms with E-state index < -0.39 is 11.9 Å².